The molecule has 0 saturated carbocycles. The minimum absolute atomic E-state index is 0.106. The van der Waals surface area contributed by atoms with Crippen LogP contribution in [0.25, 0.3) is 0 Å². The molecule has 166 valence electrons. The fourth-order valence-corrected chi connectivity index (χ4v) is 5.90. The average Bonchev–Trinajstić information content (AvgIpc) is 3.14. The molecule has 0 atom stereocenters. The van der Waals surface area contributed by atoms with Crippen molar-refractivity contribution in [3.8, 4) is 5.75 Å². The average molecular weight is 445 g/mol. The Balaban J connectivity index is 1.65. The highest BCUT2D eigenvalue weighted by molar-refractivity contribution is 7.93. The third kappa shape index (κ3) is 4.14. The van der Waals surface area contributed by atoms with E-state index in [1.54, 1.807) is 19.2 Å². The van der Waals surface area contributed by atoms with E-state index in [1.807, 2.05) is 37.3 Å². The molecule has 8 heteroatoms. The van der Waals surface area contributed by atoms with Crippen LogP contribution in [0.2, 0.25) is 0 Å². The number of carbonyl (C=O) groups is 1. The Bertz CT molecular complexity index is 1060. The Kier molecular flexibility index (Phi) is 5.94. The normalized spacial score (nSPS) is 19.7. The molecule has 0 aliphatic carbocycles. The molecule has 0 spiro atoms. The van der Waals surface area contributed by atoms with Gasteiger partial charge in [-0.3, -0.25) is 9.10 Å². The molecule has 1 N–H and O–H groups in total. The lowest BCUT2D eigenvalue weighted by molar-refractivity contribution is -0.125. The molecular formula is C23H28N2O5S. The van der Waals surface area contributed by atoms with Crippen LogP contribution in [-0.4, -0.2) is 46.9 Å². The van der Waals surface area contributed by atoms with Gasteiger partial charge in [0.1, 0.15) is 5.75 Å². The molecule has 2 aromatic rings. The molecule has 31 heavy (non-hydrogen) atoms. The van der Waals surface area contributed by atoms with Gasteiger partial charge >= 0.3 is 0 Å². The summed E-state index contributed by atoms with van der Waals surface area (Å²) in [6.45, 7) is 3.38. The van der Waals surface area contributed by atoms with Crippen molar-refractivity contribution in [3.63, 3.8) is 0 Å². The summed E-state index contributed by atoms with van der Waals surface area (Å²) in [6.07, 6.45) is 1.76. The van der Waals surface area contributed by atoms with Gasteiger partial charge in [0.05, 0.1) is 24.0 Å². The minimum atomic E-state index is -3.29. The molecule has 7 nitrogen and oxygen atoms in total. The molecule has 2 saturated heterocycles. The van der Waals surface area contributed by atoms with E-state index < -0.39 is 15.4 Å². The number of benzene rings is 2. The van der Waals surface area contributed by atoms with Gasteiger partial charge in [-0.2, -0.15) is 0 Å². The summed E-state index contributed by atoms with van der Waals surface area (Å²) in [7, 11) is -1.67. The summed E-state index contributed by atoms with van der Waals surface area (Å²) < 4.78 is 36.9. The van der Waals surface area contributed by atoms with Gasteiger partial charge in [-0.1, -0.05) is 18.2 Å². The van der Waals surface area contributed by atoms with Crippen LogP contribution in [0, 0.1) is 6.92 Å². The number of amides is 1. The van der Waals surface area contributed by atoms with Gasteiger partial charge in [-0.05, 0) is 61.6 Å². The number of ether oxygens (including phenoxy) is 2. The Morgan fingerprint density at radius 3 is 2.45 bits per heavy atom. The highest BCUT2D eigenvalue weighted by atomic mass is 32.2. The number of sulfonamides is 1. The molecule has 0 aromatic heterocycles. The highest BCUT2D eigenvalue weighted by Crippen LogP contribution is 2.38. The van der Waals surface area contributed by atoms with Crippen molar-refractivity contribution in [2.24, 2.45) is 0 Å². The van der Waals surface area contributed by atoms with Gasteiger partial charge in [0.15, 0.2) is 0 Å². The topological polar surface area (TPSA) is 84.9 Å². The van der Waals surface area contributed by atoms with E-state index in [-0.39, 0.29) is 11.7 Å². The molecule has 2 aliphatic heterocycles. The molecule has 0 bridgehead atoms. The first-order valence-electron chi connectivity index (χ1n) is 10.5. The van der Waals surface area contributed by atoms with Crippen LogP contribution < -0.4 is 14.4 Å². The number of anilines is 2. The Labute approximate surface area is 183 Å². The number of nitrogens with one attached hydrogen (secondary N) is 1. The van der Waals surface area contributed by atoms with Crippen molar-refractivity contribution in [3.05, 3.63) is 53.6 Å². The highest BCUT2D eigenvalue weighted by Gasteiger charge is 2.42. The largest absolute Gasteiger partial charge is 0.497 e. The van der Waals surface area contributed by atoms with Crippen molar-refractivity contribution >= 4 is 27.3 Å². The van der Waals surface area contributed by atoms with Crippen LogP contribution in [0.1, 0.15) is 30.4 Å². The SMILES string of the molecule is COc1ccc(C2(C(=O)Nc3cc(N4CCCS4(=O)=O)ccc3C)CCOCC2)cc1. The second-order valence-electron chi connectivity index (χ2n) is 8.12. The quantitative estimate of drug-likeness (QED) is 0.765. The molecule has 0 radical (unpaired) electrons. The predicted molar refractivity (Wildman–Crippen MR) is 120 cm³/mol. The third-order valence-corrected chi connectivity index (χ3v) is 8.15. The van der Waals surface area contributed by atoms with Crippen molar-refractivity contribution in [2.45, 2.75) is 31.6 Å². The summed E-state index contributed by atoms with van der Waals surface area (Å²) >= 11 is 0. The second-order valence-corrected chi connectivity index (χ2v) is 10.1. The monoisotopic (exact) mass is 444 g/mol. The second kappa shape index (κ2) is 8.51. The number of hydrogen-bond acceptors (Lipinski definition) is 5. The van der Waals surface area contributed by atoms with Gasteiger partial charge in [-0.15, -0.1) is 0 Å². The van der Waals surface area contributed by atoms with Crippen LogP contribution in [0.5, 0.6) is 5.75 Å². The van der Waals surface area contributed by atoms with Gasteiger partial charge in [0, 0.05) is 25.4 Å². The minimum Gasteiger partial charge on any atom is -0.497 e. The van der Waals surface area contributed by atoms with Gasteiger partial charge in [0.25, 0.3) is 0 Å². The van der Waals surface area contributed by atoms with E-state index in [0.29, 0.717) is 50.4 Å². The first-order chi connectivity index (χ1) is 14.9. The molecule has 4 rings (SSSR count). The van der Waals surface area contributed by atoms with Crippen LogP contribution in [0.3, 0.4) is 0 Å². The number of hydrogen-bond donors (Lipinski definition) is 1. The van der Waals surface area contributed by atoms with Crippen molar-refractivity contribution in [1.82, 2.24) is 0 Å². The van der Waals surface area contributed by atoms with Crippen LogP contribution >= 0.6 is 0 Å². The number of methoxy groups -OCH3 is 1. The van der Waals surface area contributed by atoms with Gasteiger partial charge < -0.3 is 14.8 Å². The van der Waals surface area contributed by atoms with Crippen LogP contribution in [0.4, 0.5) is 11.4 Å². The van der Waals surface area contributed by atoms with E-state index >= 15 is 0 Å². The first kappa shape index (κ1) is 21.6. The Morgan fingerprint density at radius 1 is 1.13 bits per heavy atom. The van der Waals surface area contributed by atoms with E-state index in [0.717, 1.165) is 16.9 Å². The molecule has 2 fully saturated rings. The zero-order valence-corrected chi connectivity index (χ0v) is 18.7. The maximum absolute atomic E-state index is 13.6. The van der Waals surface area contributed by atoms with E-state index in [1.165, 1.54) is 4.31 Å². The fraction of sp³-hybridized carbons (Fsp3) is 0.435. The van der Waals surface area contributed by atoms with Crippen molar-refractivity contribution in [2.75, 3.05) is 42.2 Å². The van der Waals surface area contributed by atoms with E-state index in [2.05, 4.69) is 5.32 Å². The first-order valence-corrected chi connectivity index (χ1v) is 12.1. The number of nitrogens with zero attached hydrogens (tertiary/aromatic N) is 1. The van der Waals surface area contributed by atoms with Crippen LogP contribution in [-0.2, 0) is 25.0 Å². The zero-order chi connectivity index (χ0) is 22.1. The maximum Gasteiger partial charge on any atom is 0.235 e. The zero-order valence-electron chi connectivity index (χ0n) is 17.9. The molecule has 1 amide bonds. The summed E-state index contributed by atoms with van der Waals surface area (Å²) in [4.78, 5) is 13.6. The third-order valence-electron chi connectivity index (χ3n) is 6.28. The number of aryl methyl sites for hydroxylation is 1. The lowest BCUT2D eigenvalue weighted by atomic mass is 9.73. The van der Waals surface area contributed by atoms with Gasteiger partial charge in [-0.25, -0.2) is 8.42 Å². The maximum atomic E-state index is 13.6. The number of carbonyl (C=O) groups excluding carboxylic acids is 1. The molecule has 2 heterocycles. The van der Waals surface area contributed by atoms with E-state index in [9.17, 15) is 13.2 Å². The lowest BCUT2D eigenvalue weighted by Gasteiger charge is -2.36. The summed E-state index contributed by atoms with van der Waals surface area (Å²) in [5.41, 5.74) is 2.30. The summed E-state index contributed by atoms with van der Waals surface area (Å²) in [5.74, 6) is 0.788. The van der Waals surface area contributed by atoms with E-state index in [4.69, 9.17) is 9.47 Å². The van der Waals surface area contributed by atoms with Crippen LogP contribution in [0.15, 0.2) is 42.5 Å². The Morgan fingerprint density at radius 2 is 1.84 bits per heavy atom. The molecular weight excluding hydrogens is 416 g/mol. The molecule has 2 aromatic carbocycles. The summed E-state index contributed by atoms with van der Waals surface area (Å²) in [5, 5.41) is 3.09. The molecule has 0 unspecified atom stereocenters. The van der Waals surface area contributed by atoms with Crippen molar-refractivity contribution < 1.29 is 22.7 Å². The standard InChI is InChI=1S/C23H28N2O5S/c1-17-4-7-19(25-12-3-15-31(25,27)28)16-21(17)24-22(26)23(10-13-30-14-11-23)18-5-8-20(29-2)9-6-18/h4-9,16H,3,10-15H2,1-2H3,(H,24,26). The summed E-state index contributed by atoms with van der Waals surface area (Å²) in [6, 6.07) is 13.0. The van der Waals surface area contributed by atoms with Crippen molar-refractivity contribution in [1.29, 1.82) is 0 Å². The predicted octanol–water partition coefficient (Wildman–Crippen LogP) is 3.23. The fourth-order valence-electron chi connectivity index (χ4n) is 4.35. The molecule has 2 aliphatic rings. The lowest BCUT2D eigenvalue weighted by Crippen LogP contribution is -2.45. The van der Waals surface area contributed by atoms with Gasteiger partial charge in [0.2, 0.25) is 15.9 Å². The smallest absolute Gasteiger partial charge is 0.235 e. The number of rotatable bonds is 5. The Hall–Kier alpha value is -2.58.